The molecule has 0 amide bonds. The number of nitrogens with one attached hydrogen (secondary N) is 1. The molecule has 0 radical (unpaired) electrons. The molecule has 0 heterocycles. The molecule has 1 heteroatoms. The molecule has 1 atom stereocenters. The summed E-state index contributed by atoms with van der Waals surface area (Å²) in [6.07, 6.45) is 13.6. The largest absolute Gasteiger partial charge is 0.307 e. The van der Waals surface area contributed by atoms with Crippen LogP contribution in [0.5, 0.6) is 0 Å². The van der Waals surface area contributed by atoms with Crippen LogP contribution in [0.1, 0.15) is 38.5 Å². The first-order valence-electron chi connectivity index (χ1n) is 5.00. The molecule has 0 aromatic rings. The summed E-state index contributed by atoms with van der Waals surface area (Å²) >= 11 is 0. The average Bonchev–Trinajstić information content (AvgIpc) is 2.59. The van der Waals surface area contributed by atoms with Crippen molar-refractivity contribution in [3.63, 3.8) is 0 Å². The van der Waals surface area contributed by atoms with Gasteiger partial charge in [0.1, 0.15) is 0 Å². The van der Waals surface area contributed by atoms with Gasteiger partial charge in [-0.05, 0) is 25.8 Å². The monoisotopic (exact) mass is 165 g/mol. The van der Waals surface area contributed by atoms with E-state index in [1.165, 1.54) is 32.1 Å². The van der Waals surface area contributed by atoms with Crippen LogP contribution in [0.15, 0.2) is 0 Å². The van der Waals surface area contributed by atoms with Gasteiger partial charge < -0.3 is 5.32 Å². The molecule has 1 rings (SSSR count). The van der Waals surface area contributed by atoms with Crippen LogP contribution in [-0.4, -0.2) is 13.1 Å². The Balaban J connectivity index is 2.11. The molecule has 1 fully saturated rings. The molecule has 1 unspecified atom stereocenters. The van der Waals surface area contributed by atoms with Gasteiger partial charge in [0.05, 0.1) is 6.04 Å². The van der Waals surface area contributed by atoms with E-state index in [0.717, 1.165) is 12.3 Å². The molecular formula is C11H19N. The summed E-state index contributed by atoms with van der Waals surface area (Å²) < 4.78 is 0. The van der Waals surface area contributed by atoms with Gasteiger partial charge in [-0.25, -0.2) is 0 Å². The average molecular weight is 165 g/mol. The molecular weight excluding hydrogens is 146 g/mol. The highest BCUT2D eigenvalue weighted by Crippen LogP contribution is 2.28. The summed E-state index contributed by atoms with van der Waals surface area (Å²) in [6, 6.07) is 0.297. The van der Waals surface area contributed by atoms with Crippen molar-refractivity contribution < 1.29 is 0 Å². The lowest BCUT2D eigenvalue weighted by atomic mass is 9.99. The van der Waals surface area contributed by atoms with Gasteiger partial charge in [0, 0.05) is 0 Å². The van der Waals surface area contributed by atoms with Crippen LogP contribution in [0, 0.1) is 18.3 Å². The number of rotatable bonds is 4. The third-order valence-electron chi connectivity index (χ3n) is 2.89. The third kappa shape index (κ3) is 2.87. The maximum absolute atomic E-state index is 5.36. The fourth-order valence-electron chi connectivity index (χ4n) is 2.01. The zero-order chi connectivity index (χ0) is 8.81. The zero-order valence-corrected chi connectivity index (χ0v) is 7.97. The summed E-state index contributed by atoms with van der Waals surface area (Å²) in [5.74, 6) is 3.73. The summed E-state index contributed by atoms with van der Waals surface area (Å²) in [4.78, 5) is 0. The van der Waals surface area contributed by atoms with Crippen LogP contribution in [0.4, 0.5) is 0 Å². The van der Waals surface area contributed by atoms with Crippen LogP contribution in [0.25, 0.3) is 0 Å². The molecule has 0 spiro atoms. The highest BCUT2D eigenvalue weighted by Gasteiger charge is 2.15. The van der Waals surface area contributed by atoms with Crippen LogP contribution >= 0.6 is 0 Å². The summed E-state index contributed by atoms with van der Waals surface area (Å²) in [6.45, 7) is 0. The predicted octanol–water partition coefficient (Wildman–Crippen LogP) is 2.18. The second-order valence-corrected chi connectivity index (χ2v) is 3.74. The van der Waals surface area contributed by atoms with Crippen LogP contribution in [-0.2, 0) is 0 Å². The number of hydrogen-bond acceptors (Lipinski definition) is 1. The van der Waals surface area contributed by atoms with Crippen molar-refractivity contribution >= 4 is 0 Å². The number of terminal acetylenes is 1. The van der Waals surface area contributed by atoms with Gasteiger partial charge in [0.25, 0.3) is 0 Å². The van der Waals surface area contributed by atoms with E-state index in [-0.39, 0.29) is 0 Å². The molecule has 0 bridgehead atoms. The van der Waals surface area contributed by atoms with Crippen molar-refractivity contribution in [3.8, 4) is 12.3 Å². The molecule has 1 aliphatic rings. The summed E-state index contributed by atoms with van der Waals surface area (Å²) in [5.41, 5.74) is 0. The maximum atomic E-state index is 5.36. The molecule has 12 heavy (non-hydrogen) atoms. The number of hydrogen-bond donors (Lipinski definition) is 1. The Labute approximate surface area is 75.9 Å². The first-order valence-corrected chi connectivity index (χ1v) is 5.00. The van der Waals surface area contributed by atoms with Crippen molar-refractivity contribution in [1.82, 2.24) is 5.32 Å². The minimum atomic E-state index is 0.297. The van der Waals surface area contributed by atoms with Crippen molar-refractivity contribution in [2.24, 2.45) is 5.92 Å². The van der Waals surface area contributed by atoms with Crippen LogP contribution in [0.3, 0.4) is 0 Å². The molecule has 0 saturated heterocycles. The Hall–Kier alpha value is -0.480. The van der Waals surface area contributed by atoms with Gasteiger partial charge in [-0.1, -0.05) is 31.6 Å². The summed E-state index contributed by atoms with van der Waals surface area (Å²) in [7, 11) is 1.94. The van der Waals surface area contributed by atoms with Gasteiger partial charge in [-0.3, -0.25) is 0 Å². The Bertz CT molecular complexity index is 151. The van der Waals surface area contributed by atoms with Gasteiger partial charge in [-0.2, -0.15) is 0 Å². The van der Waals surface area contributed by atoms with Crippen molar-refractivity contribution in [3.05, 3.63) is 0 Å². The highest BCUT2D eigenvalue weighted by atomic mass is 14.8. The normalized spacial score (nSPS) is 20.7. The SMILES string of the molecule is C#CC(CCC1CCCC1)NC. The second kappa shape index (κ2) is 5.22. The Morgan fingerprint density at radius 1 is 1.50 bits per heavy atom. The van der Waals surface area contributed by atoms with Crippen molar-refractivity contribution in [2.45, 2.75) is 44.6 Å². The minimum Gasteiger partial charge on any atom is -0.307 e. The lowest BCUT2D eigenvalue weighted by Gasteiger charge is -2.12. The van der Waals surface area contributed by atoms with E-state index < -0.39 is 0 Å². The molecule has 1 saturated carbocycles. The van der Waals surface area contributed by atoms with E-state index in [9.17, 15) is 0 Å². The third-order valence-corrected chi connectivity index (χ3v) is 2.89. The lowest BCUT2D eigenvalue weighted by Crippen LogP contribution is -2.23. The highest BCUT2D eigenvalue weighted by molar-refractivity contribution is 4.98. The van der Waals surface area contributed by atoms with E-state index in [0.29, 0.717) is 6.04 Å². The van der Waals surface area contributed by atoms with E-state index >= 15 is 0 Å². The molecule has 0 aromatic heterocycles. The lowest BCUT2D eigenvalue weighted by molar-refractivity contribution is 0.455. The summed E-state index contributed by atoms with van der Waals surface area (Å²) in [5, 5.41) is 3.14. The van der Waals surface area contributed by atoms with Gasteiger partial charge >= 0.3 is 0 Å². The quantitative estimate of drug-likeness (QED) is 0.630. The van der Waals surface area contributed by atoms with E-state index in [4.69, 9.17) is 6.42 Å². The Morgan fingerprint density at radius 2 is 2.17 bits per heavy atom. The molecule has 0 aromatic carbocycles. The molecule has 1 N–H and O–H groups in total. The van der Waals surface area contributed by atoms with E-state index in [2.05, 4.69) is 11.2 Å². The topological polar surface area (TPSA) is 12.0 Å². The van der Waals surface area contributed by atoms with Crippen molar-refractivity contribution in [1.29, 1.82) is 0 Å². The van der Waals surface area contributed by atoms with E-state index in [1.807, 2.05) is 7.05 Å². The Morgan fingerprint density at radius 3 is 2.67 bits per heavy atom. The first-order chi connectivity index (χ1) is 5.86. The smallest absolute Gasteiger partial charge is 0.0684 e. The molecule has 1 nitrogen and oxygen atoms in total. The van der Waals surface area contributed by atoms with Gasteiger partial charge in [0.15, 0.2) is 0 Å². The van der Waals surface area contributed by atoms with Crippen LogP contribution in [0.2, 0.25) is 0 Å². The minimum absolute atomic E-state index is 0.297. The predicted molar refractivity (Wildman–Crippen MR) is 52.9 cm³/mol. The van der Waals surface area contributed by atoms with E-state index in [1.54, 1.807) is 0 Å². The molecule has 68 valence electrons. The zero-order valence-electron chi connectivity index (χ0n) is 7.97. The fraction of sp³-hybridized carbons (Fsp3) is 0.818. The Kier molecular flexibility index (Phi) is 4.18. The fourth-order valence-corrected chi connectivity index (χ4v) is 2.01. The standard InChI is InChI=1S/C11H19N/c1-3-11(12-2)9-8-10-6-4-5-7-10/h1,10-12H,4-9H2,2H3. The van der Waals surface area contributed by atoms with Crippen LogP contribution < -0.4 is 5.32 Å². The van der Waals surface area contributed by atoms with Gasteiger partial charge in [-0.15, -0.1) is 6.42 Å². The van der Waals surface area contributed by atoms with Crippen molar-refractivity contribution in [2.75, 3.05) is 7.05 Å². The first kappa shape index (κ1) is 9.61. The van der Waals surface area contributed by atoms with Gasteiger partial charge in [0.2, 0.25) is 0 Å². The maximum Gasteiger partial charge on any atom is 0.0684 e. The molecule has 0 aliphatic heterocycles. The second-order valence-electron chi connectivity index (χ2n) is 3.74. The molecule has 1 aliphatic carbocycles.